The normalized spacial score (nSPS) is 24.8. The van der Waals surface area contributed by atoms with Gasteiger partial charge < -0.3 is 4.74 Å². The fourth-order valence-corrected chi connectivity index (χ4v) is 4.59. The van der Waals surface area contributed by atoms with Crippen LogP contribution >= 0.6 is 0 Å². The summed E-state index contributed by atoms with van der Waals surface area (Å²) in [5.74, 6) is 3.23. The molecule has 1 fully saturated rings. The molecule has 0 aliphatic heterocycles. The zero-order valence-electron chi connectivity index (χ0n) is 14.9. The van der Waals surface area contributed by atoms with Gasteiger partial charge in [0.05, 0.1) is 11.4 Å². The number of rotatable bonds is 3. The number of hydrogen-bond donors (Lipinski definition) is 0. The number of ether oxygens (including phenoxy) is 1. The van der Waals surface area contributed by atoms with Crippen molar-refractivity contribution in [3.05, 3.63) is 47.3 Å². The Morgan fingerprint density at radius 1 is 1.20 bits per heavy atom. The maximum absolute atomic E-state index is 12.5. The van der Waals surface area contributed by atoms with Crippen molar-refractivity contribution in [3.8, 4) is 0 Å². The summed E-state index contributed by atoms with van der Waals surface area (Å²) in [4.78, 5) is 12.5. The topological polar surface area (TPSA) is 57.0 Å². The average molecular weight is 339 g/mol. The van der Waals surface area contributed by atoms with Gasteiger partial charge in [-0.05, 0) is 54.9 Å². The van der Waals surface area contributed by atoms with Gasteiger partial charge in [-0.15, -0.1) is 9.78 Å². The molecule has 1 heterocycles. The smallest absolute Gasteiger partial charge is 0.436 e. The largest absolute Gasteiger partial charge is 0.443 e. The Morgan fingerprint density at radius 3 is 2.64 bits per heavy atom. The Morgan fingerprint density at radius 2 is 1.92 bits per heavy atom. The molecule has 5 nitrogen and oxygen atoms in total. The molecule has 2 aliphatic rings. The molecule has 0 N–H and O–H groups in total. The first-order valence-corrected chi connectivity index (χ1v) is 9.29. The van der Waals surface area contributed by atoms with E-state index in [0.29, 0.717) is 0 Å². The third kappa shape index (κ3) is 3.20. The maximum Gasteiger partial charge on any atom is 0.436 e. The van der Waals surface area contributed by atoms with Crippen LogP contribution in [0.1, 0.15) is 43.6 Å². The van der Waals surface area contributed by atoms with Gasteiger partial charge in [-0.1, -0.05) is 49.4 Å². The van der Waals surface area contributed by atoms with Crippen molar-refractivity contribution < 1.29 is 9.53 Å². The fourth-order valence-electron chi connectivity index (χ4n) is 4.59. The molecule has 2 aliphatic carbocycles. The molecule has 1 aromatic carbocycles. The van der Waals surface area contributed by atoms with Crippen LogP contribution in [0.2, 0.25) is 0 Å². The first kappa shape index (κ1) is 16.3. The predicted octanol–water partition coefficient (Wildman–Crippen LogP) is 3.86. The predicted molar refractivity (Wildman–Crippen MR) is 94.0 cm³/mol. The summed E-state index contributed by atoms with van der Waals surface area (Å²) in [5.41, 5.74) is 2.90. The zero-order valence-corrected chi connectivity index (χ0v) is 14.9. The molecule has 1 unspecified atom stereocenters. The monoisotopic (exact) mass is 339 g/mol. The molecule has 0 spiro atoms. The van der Waals surface area contributed by atoms with E-state index in [2.05, 4.69) is 24.2 Å². The van der Waals surface area contributed by atoms with Crippen molar-refractivity contribution in [2.75, 3.05) is 0 Å². The van der Waals surface area contributed by atoms with Crippen molar-refractivity contribution in [1.82, 2.24) is 15.0 Å². The van der Waals surface area contributed by atoms with E-state index in [0.717, 1.165) is 66.3 Å². The van der Waals surface area contributed by atoms with Crippen LogP contribution in [0.15, 0.2) is 30.3 Å². The minimum atomic E-state index is -0.425. The summed E-state index contributed by atoms with van der Waals surface area (Å²) in [6.45, 7) is 4.90. The van der Waals surface area contributed by atoms with E-state index in [9.17, 15) is 4.79 Å². The number of hydrogen-bond acceptors (Lipinski definition) is 4. The van der Waals surface area contributed by atoms with Gasteiger partial charge in [-0.25, -0.2) is 4.79 Å². The van der Waals surface area contributed by atoms with Crippen LogP contribution in [-0.2, 0) is 24.2 Å². The highest BCUT2D eigenvalue weighted by Gasteiger charge is 2.51. The fraction of sp³-hybridized carbons (Fsp3) is 0.550. The number of aryl methyl sites for hydroxylation is 1. The summed E-state index contributed by atoms with van der Waals surface area (Å²) in [6.07, 6.45) is 3.66. The van der Waals surface area contributed by atoms with Gasteiger partial charge in [0.1, 0.15) is 6.61 Å². The first-order valence-electron chi connectivity index (χ1n) is 9.29. The molecule has 0 bridgehead atoms. The van der Waals surface area contributed by atoms with Crippen LogP contribution in [0.5, 0.6) is 0 Å². The Hall–Kier alpha value is -2.17. The summed E-state index contributed by atoms with van der Waals surface area (Å²) < 4.78 is 6.81. The molecule has 2 aromatic rings. The number of fused-ring (bicyclic) bond motifs is 2. The van der Waals surface area contributed by atoms with E-state index < -0.39 is 6.09 Å². The molecule has 3 atom stereocenters. The molecule has 132 valence electrons. The Kier molecular flexibility index (Phi) is 4.32. The van der Waals surface area contributed by atoms with Gasteiger partial charge in [0.25, 0.3) is 0 Å². The van der Waals surface area contributed by atoms with E-state index >= 15 is 0 Å². The van der Waals surface area contributed by atoms with Crippen molar-refractivity contribution >= 4 is 6.09 Å². The van der Waals surface area contributed by atoms with Crippen molar-refractivity contribution in [1.29, 1.82) is 0 Å². The third-order valence-electron chi connectivity index (χ3n) is 5.82. The van der Waals surface area contributed by atoms with Crippen LogP contribution < -0.4 is 0 Å². The quantitative estimate of drug-likeness (QED) is 0.852. The van der Waals surface area contributed by atoms with Gasteiger partial charge in [-0.2, -0.15) is 0 Å². The van der Waals surface area contributed by atoms with Crippen LogP contribution in [0.3, 0.4) is 0 Å². The molecule has 0 amide bonds. The highest BCUT2D eigenvalue weighted by molar-refractivity contribution is 5.70. The second kappa shape index (κ2) is 6.62. The molecular weight excluding hydrogens is 314 g/mol. The van der Waals surface area contributed by atoms with Gasteiger partial charge >= 0.3 is 6.09 Å². The molecule has 5 heteroatoms. The minimum Gasteiger partial charge on any atom is -0.443 e. The zero-order chi connectivity index (χ0) is 17.4. The van der Waals surface area contributed by atoms with Crippen molar-refractivity contribution in [2.24, 2.45) is 23.7 Å². The lowest BCUT2D eigenvalue weighted by Crippen LogP contribution is -2.19. The van der Waals surface area contributed by atoms with E-state index in [1.807, 2.05) is 30.3 Å². The highest BCUT2D eigenvalue weighted by Crippen LogP contribution is 2.56. The Balaban J connectivity index is 1.44. The van der Waals surface area contributed by atoms with Crippen LogP contribution in [0.4, 0.5) is 4.79 Å². The van der Waals surface area contributed by atoms with Crippen LogP contribution in [0, 0.1) is 23.7 Å². The van der Waals surface area contributed by atoms with Gasteiger partial charge in [0.15, 0.2) is 0 Å². The number of aromatic nitrogens is 3. The second-order valence-electron chi connectivity index (χ2n) is 7.66. The molecule has 4 rings (SSSR count). The highest BCUT2D eigenvalue weighted by atomic mass is 16.6. The first-order chi connectivity index (χ1) is 12.1. The van der Waals surface area contributed by atoms with E-state index in [4.69, 9.17) is 4.74 Å². The standard InChI is InChI=1S/C20H25N3O2/c1-13(2)19-15-8-10-17-18(11-9-16(15)19)23(22-21-17)20(24)25-12-14-6-4-3-5-7-14/h3-7,13,15-16,19H,8-12H2,1-2H3/t15-,16+,19?/m0/s1. The lowest BCUT2D eigenvalue weighted by molar-refractivity contribution is 0.136. The molecule has 1 saturated carbocycles. The van der Waals surface area contributed by atoms with E-state index in [-0.39, 0.29) is 6.61 Å². The van der Waals surface area contributed by atoms with Crippen molar-refractivity contribution in [3.63, 3.8) is 0 Å². The van der Waals surface area contributed by atoms with Gasteiger partial charge in [-0.3, -0.25) is 0 Å². The number of carbonyl (C=O) groups excluding carboxylic acids is 1. The summed E-state index contributed by atoms with van der Waals surface area (Å²) >= 11 is 0. The third-order valence-corrected chi connectivity index (χ3v) is 5.82. The molecule has 25 heavy (non-hydrogen) atoms. The molecule has 0 saturated heterocycles. The lowest BCUT2D eigenvalue weighted by atomic mass is 10.0. The summed E-state index contributed by atoms with van der Waals surface area (Å²) in [7, 11) is 0. The van der Waals surface area contributed by atoms with E-state index in [1.165, 1.54) is 4.68 Å². The SMILES string of the molecule is CC(C)C1[C@H]2CCc3nnn(C(=O)OCc4ccccc4)c3CC[C@@H]12. The molecule has 0 radical (unpaired) electrons. The minimum absolute atomic E-state index is 0.258. The lowest BCUT2D eigenvalue weighted by Gasteiger charge is -2.10. The Labute approximate surface area is 148 Å². The van der Waals surface area contributed by atoms with Gasteiger partial charge in [0, 0.05) is 0 Å². The summed E-state index contributed by atoms with van der Waals surface area (Å²) in [5, 5.41) is 8.35. The maximum atomic E-state index is 12.5. The number of nitrogens with zero attached hydrogens (tertiary/aromatic N) is 3. The van der Waals surface area contributed by atoms with E-state index in [1.54, 1.807) is 0 Å². The second-order valence-corrected chi connectivity index (χ2v) is 7.66. The molecule has 1 aromatic heterocycles. The number of benzene rings is 1. The molecular formula is C20H25N3O2. The van der Waals surface area contributed by atoms with Crippen molar-refractivity contribution in [2.45, 2.75) is 46.1 Å². The van der Waals surface area contributed by atoms with Crippen LogP contribution in [-0.4, -0.2) is 21.1 Å². The van der Waals surface area contributed by atoms with Gasteiger partial charge in [0.2, 0.25) is 0 Å². The number of carbonyl (C=O) groups is 1. The Bertz CT molecular complexity index is 754. The van der Waals surface area contributed by atoms with Crippen LogP contribution in [0.25, 0.3) is 0 Å². The average Bonchev–Trinajstić information content (AvgIpc) is 3.15. The summed E-state index contributed by atoms with van der Waals surface area (Å²) in [6, 6.07) is 9.70.